The van der Waals surface area contributed by atoms with E-state index in [2.05, 4.69) is 15.3 Å². The first-order valence-electron chi connectivity index (χ1n) is 7.06. The fraction of sp³-hybridized carbons (Fsp3) is 0.312. The number of carbonyl (C=O) groups is 1. The number of ether oxygens (including phenoxy) is 1. The van der Waals surface area contributed by atoms with E-state index in [-0.39, 0.29) is 11.8 Å². The first kappa shape index (κ1) is 13.5. The maximum atomic E-state index is 12.2. The Morgan fingerprint density at radius 1 is 1.33 bits per heavy atom. The summed E-state index contributed by atoms with van der Waals surface area (Å²) in [6.45, 7) is 1.00. The number of nitrogens with zero attached hydrogens (tertiary/aromatic N) is 2. The second kappa shape index (κ2) is 6.35. The van der Waals surface area contributed by atoms with Gasteiger partial charge in [0.15, 0.2) is 0 Å². The number of aromatic nitrogens is 2. The van der Waals surface area contributed by atoms with Gasteiger partial charge >= 0.3 is 0 Å². The van der Waals surface area contributed by atoms with Crippen LogP contribution in [-0.4, -0.2) is 29.0 Å². The van der Waals surface area contributed by atoms with Crippen LogP contribution in [0.5, 0.6) is 5.75 Å². The van der Waals surface area contributed by atoms with Gasteiger partial charge in [0.05, 0.1) is 11.6 Å². The van der Waals surface area contributed by atoms with E-state index in [1.165, 1.54) is 0 Å². The summed E-state index contributed by atoms with van der Waals surface area (Å²) in [5.41, 5.74) is 1.97. The topological polar surface area (TPSA) is 64.1 Å². The van der Waals surface area contributed by atoms with Crippen LogP contribution in [0.2, 0.25) is 0 Å². The Balaban J connectivity index is 1.50. The Bertz CT molecular complexity index is 616. The van der Waals surface area contributed by atoms with E-state index in [9.17, 15) is 4.79 Å². The molecule has 1 atom stereocenters. The van der Waals surface area contributed by atoms with Gasteiger partial charge in [0, 0.05) is 31.6 Å². The average Bonchev–Trinajstić information content (AvgIpc) is 2.55. The van der Waals surface area contributed by atoms with Crippen LogP contribution >= 0.6 is 0 Å². The minimum Gasteiger partial charge on any atom is -0.492 e. The molecule has 0 radical (unpaired) electrons. The highest BCUT2D eigenvalue weighted by atomic mass is 16.5. The lowest BCUT2D eigenvalue weighted by Crippen LogP contribution is -2.38. The van der Waals surface area contributed by atoms with Crippen LogP contribution < -0.4 is 10.1 Å². The van der Waals surface area contributed by atoms with E-state index < -0.39 is 0 Å². The van der Waals surface area contributed by atoms with E-state index in [0.29, 0.717) is 19.6 Å². The van der Waals surface area contributed by atoms with Gasteiger partial charge in [0.1, 0.15) is 12.4 Å². The van der Waals surface area contributed by atoms with Crippen molar-refractivity contribution in [2.45, 2.75) is 12.8 Å². The smallest absolute Gasteiger partial charge is 0.226 e. The van der Waals surface area contributed by atoms with E-state index in [4.69, 9.17) is 4.74 Å². The third-order valence-electron chi connectivity index (χ3n) is 3.55. The van der Waals surface area contributed by atoms with Crippen molar-refractivity contribution in [3.05, 3.63) is 54.1 Å². The molecule has 1 aliphatic heterocycles. The monoisotopic (exact) mass is 283 g/mol. The minimum atomic E-state index is -0.123. The highest BCUT2D eigenvalue weighted by Crippen LogP contribution is 2.26. The van der Waals surface area contributed by atoms with Crippen molar-refractivity contribution in [2.24, 2.45) is 5.92 Å². The Hall–Kier alpha value is -2.43. The summed E-state index contributed by atoms with van der Waals surface area (Å²) < 4.78 is 5.64. The number of nitrogens with one attached hydrogen (secondary N) is 1. The maximum Gasteiger partial charge on any atom is 0.226 e. The molecule has 21 heavy (non-hydrogen) atoms. The molecule has 1 aliphatic rings. The molecule has 1 aromatic carbocycles. The summed E-state index contributed by atoms with van der Waals surface area (Å²) in [5.74, 6) is 0.802. The SMILES string of the molecule is O=C(NCCc1cnccn1)C1COc2ccccc2C1. The van der Waals surface area contributed by atoms with Crippen molar-refractivity contribution >= 4 is 5.91 Å². The largest absolute Gasteiger partial charge is 0.492 e. The van der Waals surface area contributed by atoms with Gasteiger partial charge in [-0.15, -0.1) is 0 Å². The number of rotatable bonds is 4. The molecule has 0 saturated heterocycles. The average molecular weight is 283 g/mol. The lowest BCUT2D eigenvalue weighted by Gasteiger charge is -2.24. The summed E-state index contributed by atoms with van der Waals surface area (Å²) in [5, 5.41) is 2.94. The Morgan fingerprint density at radius 2 is 2.24 bits per heavy atom. The first-order valence-corrected chi connectivity index (χ1v) is 7.06. The van der Waals surface area contributed by atoms with Crippen LogP contribution in [0.4, 0.5) is 0 Å². The molecular weight excluding hydrogens is 266 g/mol. The van der Waals surface area contributed by atoms with E-state index in [0.717, 1.165) is 23.4 Å². The molecule has 1 N–H and O–H groups in total. The lowest BCUT2D eigenvalue weighted by molar-refractivity contribution is -0.126. The van der Waals surface area contributed by atoms with Crippen molar-refractivity contribution in [3.63, 3.8) is 0 Å². The Labute approximate surface area is 123 Å². The van der Waals surface area contributed by atoms with Gasteiger partial charge in [0.2, 0.25) is 5.91 Å². The number of para-hydroxylation sites is 1. The van der Waals surface area contributed by atoms with Crippen LogP contribution in [0.25, 0.3) is 0 Å². The third-order valence-corrected chi connectivity index (χ3v) is 3.55. The minimum absolute atomic E-state index is 0.0355. The summed E-state index contributed by atoms with van der Waals surface area (Å²) in [4.78, 5) is 20.4. The zero-order chi connectivity index (χ0) is 14.5. The number of amides is 1. The van der Waals surface area contributed by atoms with Gasteiger partial charge in [-0.2, -0.15) is 0 Å². The van der Waals surface area contributed by atoms with Gasteiger partial charge < -0.3 is 10.1 Å². The van der Waals surface area contributed by atoms with Gasteiger partial charge in [-0.25, -0.2) is 0 Å². The van der Waals surface area contributed by atoms with Crippen molar-refractivity contribution in [1.82, 2.24) is 15.3 Å². The number of carbonyl (C=O) groups excluding carboxylic acids is 1. The molecule has 5 nitrogen and oxygen atoms in total. The van der Waals surface area contributed by atoms with Crippen molar-refractivity contribution in [3.8, 4) is 5.75 Å². The Morgan fingerprint density at radius 3 is 3.10 bits per heavy atom. The lowest BCUT2D eigenvalue weighted by atomic mass is 9.96. The molecule has 3 rings (SSSR count). The zero-order valence-corrected chi connectivity index (χ0v) is 11.7. The molecule has 0 saturated carbocycles. The van der Waals surface area contributed by atoms with Crippen molar-refractivity contribution in [2.75, 3.05) is 13.2 Å². The van der Waals surface area contributed by atoms with Crippen molar-refractivity contribution in [1.29, 1.82) is 0 Å². The van der Waals surface area contributed by atoms with Crippen LogP contribution in [0, 0.1) is 5.92 Å². The van der Waals surface area contributed by atoms with Crippen molar-refractivity contribution < 1.29 is 9.53 Å². The molecule has 2 aromatic rings. The predicted octanol–water partition coefficient (Wildman–Crippen LogP) is 1.39. The molecular formula is C16H17N3O2. The molecule has 0 bridgehead atoms. The van der Waals surface area contributed by atoms with Gasteiger partial charge in [-0.3, -0.25) is 14.8 Å². The molecule has 1 unspecified atom stereocenters. The second-order valence-electron chi connectivity index (χ2n) is 5.06. The number of benzene rings is 1. The summed E-state index contributed by atoms with van der Waals surface area (Å²) in [7, 11) is 0. The summed E-state index contributed by atoms with van der Waals surface area (Å²) in [6.07, 6.45) is 6.42. The number of hydrogen-bond acceptors (Lipinski definition) is 4. The van der Waals surface area contributed by atoms with E-state index in [1.807, 2.05) is 24.3 Å². The molecule has 0 aliphatic carbocycles. The van der Waals surface area contributed by atoms with Gasteiger partial charge in [-0.05, 0) is 18.1 Å². The third kappa shape index (κ3) is 3.37. The van der Waals surface area contributed by atoms with E-state index in [1.54, 1.807) is 18.6 Å². The van der Waals surface area contributed by atoms with Crippen LogP contribution in [0.15, 0.2) is 42.9 Å². The normalized spacial score (nSPS) is 16.7. The van der Waals surface area contributed by atoms with E-state index >= 15 is 0 Å². The maximum absolute atomic E-state index is 12.2. The first-order chi connectivity index (χ1) is 10.3. The fourth-order valence-electron chi connectivity index (χ4n) is 2.41. The Kier molecular flexibility index (Phi) is 4.09. The quantitative estimate of drug-likeness (QED) is 0.921. The summed E-state index contributed by atoms with van der Waals surface area (Å²) in [6, 6.07) is 7.86. The molecule has 0 spiro atoms. The second-order valence-corrected chi connectivity index (χ2v) is 5.06. The highest BCUT2D eigenvalue weighted by molar-refractivity contribution is 5.79. The predicted molar refractivity (Wildman–Crippen MR) is 77.9 cm³/mol. The van der Waals surface area contributed by atoms with Crippen LogP contribution in [-0.2, 0) is 17.6 Å². The molecule has 5 heteroatoms. The molecule has 2 heterocycles. The van der Waals surface area contributed by atoms with Crippen LogP contribution in [0.1, 0.15) is 11.3 Å². The molecule has 0 fully saturated rings. The molecule has 1 aromatic heterocycles. The summed E-state index contributed by atoms with van der Waals surface area (Å²) >= 11 is 0. The standard InChI is InChI=1S/C16H17N3O2/c20-16(19-6-5-14-10-17-7-8-18-14)13-9-12-3-1-2-4-15(12)21-11-13/h1-4,7-8,10,13H,5-6,9,11H2,(H,19,20). The van der Waals surface area contributed by atoms with Crippen LogP contribution in [0.3, 0.4) is 0 Å². The number of fused-ring (bicyclic) bond motifs is 1. The number of hydrogen-bond donors (Lipinski definition) is 1. The van der Waals surface area contributed by atoms with Gasteiger partial charge in [0.25, 0.3) is 0 Å². The molecule has 1 amide bonds. The van der Waals surface area contributed by atoms with Gasteiger partial charge in [-0.1, -0.05) is 18.2 Å². The highest BCUT2D eigenvalue weighted by Gasteiger charge is 2.25. The molecule has 108 valence electrons. The zero-order valence-electron chi connectivity index (χ0n) is 11.7. The fourth-order valence-corrected chi connectivity index (χ4v) is 2.41.